The monoisotopic (exact) mass is 311 g/mol. The number of ether oxygens (including phenoxy) is 1. The van der Waals surface area contributed by atoms with Gasteiger partial charge in [-0.05, 0) is 17.7 Å². The summed E-state index contributed by atoms with van der Waals surface area (Å²) in [6, 6.07) is 8.49. The summed E-state index contributed by atoms with van der Waals surface area (Å²) in [7, 11) is 1.28. The minimum atomic E-state index is -0.796. The van der Waals surface area contributed by atoms with E-state index in [1.54, 1.807) is 24.3 Å². The molecule has 0 aliphatic carbocycles. The Morgan fingerprint density at radius 2 is 2.00 bits per heavy atom. The van der Waals surface area contributed by atoms with Crippen molar-refractivity contribution in [1.82, 2.24) is 0 Å². The van der Waals surface area contributed by atoms with Gasteiger partial charge in [0, 0.05) is 12.6 Å². The fraction of sp³-hybridized carbons (Fsp3) is 0.133. The van der Waals surface area contributed by atoms with E-state index in [1.165, 1.54) is 7.11 Å². The Morgan fingerprint density at radius 3 is 2.67 bits per heavy atom. The molecule has 0 heterocycles. The minimum Gasteiger partial charge on any atom is -0.465 e. The number of carbonyl (C=O) groups is 1. The Bertz CT molecular complexity index is 653. The molecular formula is C15H12ClF2NO2. The van der Waals surface area contributed by atoms with E-state index in [9.17, 15) is 13.6 Å². The maximum atomic E-state index is 13.7. The first-order chi connectivity index (χ1) is 10.0. The molecule has 0 amide bonds. The largest absolute Gasteiger partial charge is 0.465 e. The lowest BCUT2D eigenvalue weighted by molar-refractivity contribution is 0.0599. The van der Waals surface area contributed by atoms with Gasteiger partial charge < -0.3 is 10.1 Å². The van der Waals surface area contributed by atoms with Crippen molar-refractivity contribution in [2.45, 2.75) is 6.54 Å². The Balaban J connectivity index is 2.23. The van der Waals surface area contributed by atoms with Crippen LogP contribution in [0.2, 0.25) is 5.02 Å². The van der Waals surface area contributed by atoms with Gasteiger partial charge in [-0.3, -0.25) is 0 Å². The fourth-order valence-corrected chi connectivity index (χ4v) is 2.14. The number of rotatable bonds is 4. The van der Waals surface area contributed by atoms with E-state index in [1.807, 2.05) is 0 Å². The second kappa shape index (κ2) is 6.54. The zero-order valence-electron chi connectivity index (χ0n) is 11.1. The van der Waals surface area contributed by atoms with Crippen molar-refractivity contribution in [3.63, 3.8) is 0 Å². The Hall–Kier alpha value is -2.14. The highest BCUT2D eigenvalue weighted by Crippen LogP contribution is 2.27. The number of nitrogens with one attached hydrogen (secondary N) is 1. The molecule has 0 radical (unpaired) electrons. The van der Waals surface area contributed by atoms with E-state index in [4.69, 9.17) is 11.6 Å². The maximum Gasteiger partial charge on any atom is 0.338 e. The second-order valence-electron chi connectivity index (χ2n) is 4.25. The molecule has 0 spiro atoms. The standard InChI is InChI=1S/C15H12ClF2NO2/c1-21-15(20)11-5-3-2-4-9(11)8-19-14-12(16)6-10(17)7-13(14)18/h2-7,19H,8H2,1H3. The van der Waals surface area contributed by atoms with Crippen LogP contribution in [-0.4, -0.2) is 13.1 Å². The van der Waals surface area contributed by atoms with E-state index in [-0.39, 0.29) is 17.3 Å². The van der Waals surface area contributed by atoms with Gasteiger partial charge in [0.25, 0.3) is 0 Å². The normalized spacial score (nSPS) is 10.3. The number of methoxy groups -OCH3 is 1. The van der Waals surface area contributed by atoms with Gasteiger partial charge >= 0.3 is 5.97 Å². The first kappa shape index (κ1) is 15.3. The van der Waals surface area contributed by atoms with Crippen LogP contribution < -0.4 is 5.32 Å². The molecule has 0 bridgehead atoms. The molecule has 2 aromatic rings. The van der Waals surface area contributed by atoms with E-state index in [2.05, 4.69) is 10.1 Å². The second-order valence-corrected chi connectivity index (χ2v) is 4.65. The summed E-state index contributed by atoms with van der Waals surface area (Å²) in [4.78, 5) is 11.6. The average molecular weight is 312 g/mol. The van der Waals surface area contributed by atoms with Gasteiger partial charge in [0.05, 0.1) is 23.4 Å². The molecule has 21 heavy (non-hydrogen) atoms. The summed E-state index contributed by atoms with van der Waals surface area (Å²) in [5.74, 6) is -2.04. The Morgan fingerprint density at radius 1 is 1.29 bits per heavy atom. The number of hydrogen-bond donors (Lipinski definition) is 1. The van der Waals surface area contributed by atoms with Crippen molar-refractivity contribution in [1.29, 1.82) is 0 Å². The molecule has 3 nitrogen and oxygen atoms in total. The number of esters is 1. The number of halogens is 3. The van der Waals surface area contributed by atoms with Crippen molar-refractivity contribution in [3.8, 4) is 0 Å². The third-order valence-electron chi connectivity index (χ3n) is 2.89. The molecule has 0 aliphatic heterocycles. The van der Waals surface area contributed by atoms with Gasteiger partial charge in [0.15, 0.2) is 5.82 Å². The highest BCUT2D eigenvalue weighted by atomic mass is 35.5. The lowest BCUT2D eigenvalue weighted by Gasteiger charge is -2.12. The summed E-state index contributed by atoms with van der Waals surface area (Å²) < 4.78 is 31.3. The first-order valence-corrected chi connectivity index (χ1v) is 6.45. The minimum absolute atomic E-state index is 0.0160. The zero-order chi connectivity index (χ0) is 15.4. The number of hydrogen-bond acceptors (Lipinski definition) is 3. The van der Waals surface area contributed by atoms with Gasteiger partial charge in [-0.25, -0.2) is 13.6 Å². The third kappa shape index (κ3) is 3.49. The van der Waals surface area contributed by atoms with Crippen LogP contribution in [0.4, 0.5) is 14.5 Å². The molecule has 6 heteroatoms. The summed E-state index contributed by atoms with van der Waals surface area (Å²) in [6.45, 7) is 0.146. The molecule has 0 fully saturated rings. The van der Waals surface area contributed by atoms with Crippen LogP contribution >= 0.6 is 11.6 Å². The summed E-state index contributed by atoms with van der Waals surface area (Å²) in [5, 5.41) is 2.70. The first-order valence-electron chi connectivity index (χ1n) is 6.07. The van der Waals surface area contributed by atoms with Gasteiger partial charge in [-0.2, -0.15) is 0 Å². The summed E-state index contributed by atoms with van der Waals surface area (Å²) in [5.41, 5.74) is 0.966. The van der Waals surface area contributed by atoms with Gasteiger partial charge in [0.2, 0.25) is 0 Å². The van der Waals surface area contributed by atoms with Crippen LogP contribution in [0.3, 0.4) is 0 Å². The van der Waals surface area contributed by atoms with Crippen molar-refractivity contribution in [3.05, 3.63) is 64.2 Å². The highest BCUT2D eigenvalue weighted by Gasteiger charge is 2.13. The molecule has 2 rings (SSSR count). The van der Waals surface area contributed by atoms with Crippen molar-refractivity contribution < 1.29 is 18.3 Å². The average Bonchev–Trinajstić information content (AvgIpc) is 2.45. The lowest BCUT2D eigenvalue weighted by Crippen LogP contribution is -2.10. The number of benzene rings is 2. The molecular weight excluding hydrogens is 300 g/mol. The van der Waals surface area contributed by atoms with Gasteiger partial charge in [-0.1, -0.05) is 29.8 Å². The molecule has 0 aromatic heterocycles. The van der Waals surface area contributed by atoms with Crippen molar-refractivity contribution in [2.75, 3.05) is 12.4 Å². The Kier molecular flexibility index (Phi) is 4.75. The molecule has 2 aromatic carbocycles. The molecule has 0 atom stereocenters. The van der Waals surface area contributed by atoms with Crippen LogP contribution in [0.25, 0.3) is 0 Å². The van der Waals surface area contributed by atoms with Gasteiger partial charge in [0.1, 0.15) is 5.82 Å². The van der Waals surface area contributed by atoms with E-state index in [0.29, 0.717) is 11.1 Å². The van der Waals surface area contributed by atoms with E-state index >= 15 is 0 Å². The van der Waals surface area contributed by atoms with E-state index < -0.39 is 17.6 Å². The molecule has 1 N–H and O–H groups in total. The molecule has 0 aliphatic rings. The Labute approximate surface area is 125 Å². The molecule has 0 unspecified atom stereocenters. The number of anilines is 1. The van der Waals surface area contributed by atoms with Crippen LogP contribution in [0.5, 0.6) is 0 Å². The molecule has 0 saturated heterocycles. The van der Waals surface area contributed by atoms with E-state index in [0.717, 1.165) is 12.1 Å². The molecule has 110 valence electrons. The smallest absolute Gasteiger partial charge is 0.338 e. The summed E-state index contributed by atoms with van der Waals surface area (Å²) >= 11 is 5.80. The van der Waals surface area contributed by atoms with Crippen LogP contribution in [-0.2, 0) is 11.3 Å². The SMILES string of the molecule is COC(=O)c1ccccc1CNc1c(F)cc(F)cc1Cl. The quantitative estimate of drug-likeness (QED) is 0.867. The van der Waals surface area contributed by atoms with Crippen LogP contribution in [0.1, 0.15) is 15.9 Å². The molecule has 0 saturated carbocycles. The third-order valence-corrected chi connectivity index (χ3v) is 3.18. The topological polar surface area (TPSA) is 38.3 Å². The van der Waals surface area contributed by atoms with Gasteiger partial charge in [-0.15, -0.1) is 0 Å². The van der Waals surface area contributed by atoms with Crippen molar-refractivity contribution in [2.24, 2.45) is 0 Å². The predicted molar refractivity (Wildman–Crippen MR) is 76.5 cm³/mol. The van der Waals surface area contributed by atoms with Crippen molar-refractivity contribution >= 4 is 23.3 Å². The zero-order valence-corrected chi connectivity index (χ0v) is 11.9. The highest BCUT2D eigenvalue weighted by molar-refractivity contribution is 6.33. The van der Waals surface area contributed by atoms with Crippen LogP contribution in [0, 0.1) is 11.6 Å². The fourth-order valence-electron chi connectivity index (χ4n) is 1.88. The number of carbonyl (C=O) groups excluding carboxylic acids is 1. The predicted octanol–water partition coefficient (Wildman–Crippen LogP) is 4.02. The van der Waals surface area contributed by atoms with Crippen LogP contribution in [0.15, 0.2) is 36.4 Å². The lowest BCUT2D eigenvalue weighted by atomic mass is 10.1. The summed E-state index contributed by atoms with van der Waals surface area (Å²) in [6.07, 6.45) is 0. The maximum absolute atomic E-state index is 13.7.